The van der Waals surface area contributed by atoms with Crippen LogP contribution in [0.4, 0.5) is 13.2 Å². The largest absolute Gasteiger partial charge is 0.496 e. The van der Waals surface area contributed by atoms with Crippen LogP contribution in [0.5, 0.6) is 5.75 Å². The summed E-state index contributed by atoms with van der Waals surface area (Å²) in [5, 5.41) is 3.31. The highest BCUT2D eigenvalue weighted by atomic mass is 19.4. The molecule has 100 valence electrons. The Bertz CT molecular complexity index is 411. The molecule has 1 aromatic rings. The first-order valence-corrected chi connectivity index (χ1v) is 6.01. The SMILES string of the molecule is COc1cc(C(F)(F)F)ccc1C1CCCCN1. The molecule has 0 saturated carbocycles. The van der Waals surface area contributed by atoms with E-state index in [1.807, 2.05) is 0 Å². The standard InChI is InChI=1S/C13H16F3NO/c1-18-12-8-9(13(14,15)16)5-6-10(12)11-4-2-3-7-17-11/h5-6,8,11,17H,2-4,7H2,1H3. The quantitative estimate of drug-likeness (QED) is 0.877. The maximum Gasteiger partial charge on any atom is 0.416 e. The number of hydrogen-bond donors (Lipinski definition) is 1. The fourth-order valence-electron chi connectivity index (χ4n) is 2.29. The maximum atomic E-state index is 12.6. The van der Waals surface area contributed by atoms with Crippen LogP contribution in [-0.2, 0) is 6.18 Å². The van der Waals surface area contributed by atoms with Crippen molar-refractivity contribution in [1.82, 2.24) is 5.32 Å². The normalized spacial score (nSPS) is 20.8. The molecule has 1 N–H and O–H groups in total. The van der Waals surface area contributed by atoms with E-state index in [9.17, 15) is 13.2 Å². The Labute approximate surface area is 104 Å². The van der Waals surface area contributed by atoms with Crippen molar-refractivity contribution in [2.45, 2.75) is 31.5 Å². The molecule has 1 heterocycles. The smallest absolute Gasteiger partial charge is 0.416 e. The summed E-state index contributed by atoms with van der Waals surface area (Å²) >= 11 is 0. The monoisotopic (exact) mass is 259 g/mol. The van der Waals surface area contributed by atoms with Crippen LogP contribution in [0.2, 0.25) is 0 Å². The average Bonchev–Trinajstić information content (AvgIpc) is 2.38. The van der Waals surface area contributed by atoms with Crippen LogP contribution in [-0.4, -0.2) is 13.7 Å². The van der Waals surface area contributed by atoms with E-state index in [4.69, 9.17) is 4.74 Å². The highest BCUT2D eigenvalue weighted by Crippen LogP contribution is 2.36. The van der Waals surface area contributed by atoms with Gasteiger partial charge in [-0.3, -0.25) is 0 Å². The third kappa shape index (κ3) is 2.77. The van der Waals surface area contributed by atoms with E-state index in [2.05, 4.69) is 5.32 Å². The minimum absolute atomic E-state index is 0.0935. The van der Waals surface area contributed by atoms with Crippen molar-refractivity contribution < 1.29 is 17.9 Å². The molecule has 0 spiro atoms. The van der Waals surface area contributed by atoms with Crippen molar-refractivity contribution >= 4 is 0 Å². The number of rotatable bonds is 2. The lowest BCUT2D eigenvalue weighted by Crippen LogP contribution is -2.27. The lowest BCUT2D eigenvalue weighted by atomic mass is 9.95. The van der Waals surface area contributed by atoms with Crippen LogP contribution in [0.15, 0.2) is 18.2 Å². The van der Waals surface area contributed by atoms with Gasteiger partial charge in [-0.25, -0.2) is 0 Å². The summed E-state index contributed by atoms with van der Waals surface area (Å²) < 4.78 is 42.9. The minimum Gasteiger partial charge on any atom is -0.496 e. The number of nitrogens with one attached hydrogen (secondary N) is 1. The summed E-state index contributed by atoms with van der Waals surface area (Å²) in [6.45, 7) is 0.898. The second-order valence-corrected chi connectivity index (χ2v) is 4.46. The van der Waals surface area contributed by atoms with Crippen molar-refractivity contribution in [3.63, 3.8) is 0 Å². The van der Waals surface area contributed by atoms with Gasteiger partial charge in [0.2, 0.25) is 0 Å². The van der Waals surface area contributed by atoms with Gasteiger partial charge in [-0.2, -0.15) is 13.2 Å². The highest BCUT2D eigenvalue weighted by molar-refractivity contribution is 5.40. The predicted octanol–water partition coefficient (Wildman–Crippen LogP) is 3.53. The second-order valence-electron chi connectivity index (χ2n) is 4.46. The number of benzene rings is 1. The fourth-order valence-corrected chi connectivity index (χ4v) is 2.29. The van der Waals surface area contributed by atoms with Crippen molar-refractivity contribution in [3.05, 3.63) is 29.3 Å². The number of ether oxygens (including phenoxy) is 1. The van der Waals surface area contributed by atoms with E-state index in [0.717, 1.165) is 43.5 Å². The van der Waals surface area contributed by atoms with E-state index in [1.54, 1.807) is 0 Å². The molecule has 5 heteroatoms. The van der Waals surface area contributed by atoms with E-state index < -0.39 is 11.7 Å². The molecule has 0 bridgehead atoms. The van der Waals surface area contributed by atoms with Crippen LogP contribution < -0.4 is 10.1 Å². The lowest BCUT2D eigenvalue weighted by molar-refractivity contribution is -0.137. The Balaban J connectivity index is 2.30. The molecule has 1 aliphatic rings. The van der Waals surface area contributed by atoms with Gasteiger partial charge in [-0.15, -0.1) is 0 Å². The Kier molecular flexibility index (Phi) is 3.80. The number of methoxy groups -OCH3 is 1. The zero-order chi connectivity index (χ0) is 13.2. The van der Waals surface area contributed by atoms with Crippen molar-refractivity contribution in [1.29, 1.82) is 0 Å². The number of hydrogen-bond acceptors (Lipinski definition) is 2. The number of halogens is 3. The molecule has 2 rings (SSSR count). The van der Waals surface area contributed by atoms with Gasteiger partial charge < -0.3 is 10.1 Å². The molecule has 0 aromatic heterocycles. The molecule has 1 aromatic carbocycles. The minimum atomic E-state index is -4.33. The summed E-state index contributed by atoms with van der Waals surface area (Å²) in [4.78, 5) is 0. The Morgan fingerprint density at radius 3 is 2.61 bits per heavy atom. The molecular formula is C13H16F3NO. The first-order valence-electron chi connectivity index (χ1n) is 6.01. The first kappa shape index (κ1) is 13.2. The van der Waals surface area contributed by atoms with Gasteiger partial charge in [-0.1, -0.05) is 12.5 Å². The third-order valence-electron chi connectivity index (χ3n) is 3.25. The van der Waals surface area contributed by atoms with Gasteiger partial charge in [0.15, 0.2) is 0 Å². The number of alkyl halides is 3. The fraction of sp³-hybridized carbons (Fsp3) is 0.538. The molecule has 0 amide bonds. The molecule has 18 heavy (non-hydrogen) atoms. The molecular weight excluding hydrogens is 243 g/mol. The summed E-state index contributed by atoms with van der Waals surface area (Å²) in [5.74, 6) is 0.309. The van der Waals surface area contributed by atoms with Gasteiger partial charge >= 0.3 is 6.18 Å². The Hall–Kier alpha value is -1.23. The van der Waals surface area contributed by atoms with Gasteiger partial charge in [-0.05, 0) is 31.5 Å². The molecule has 2 nitrogen and oxygen atoms in total. The lowest BCUT2D eigenvalue weighted by Gasteiger charge is -2.25. The van der Waals surface area contributed by atoms with E-state index in [1.165, 1.54) is 13.2 Å². The van der Waals surface area contributed by atoms with E-state index in [-0.39, 0.29) is 6.04 Å². The highest BCUT2D eigenvalue weighted by Gasteiger charge is 2.32. The molecule has 1 aliphatic heterocycles. The van der Waals surface area contributed by atoms with Crippen LogP contribution >= 0.6 is 0 Å². The Morgan fingerprint density at radius 1 is 1.28 bits per heavy atom. The molecule has 1 atom stereocenters. The second kappa shape index (κ2) is 5.18. The van der Waals surface area contributed by atoms with Crippen molar-refractivity contribution in [2.24, 2.45) is 0 Å². The van der Waals surface area contributed by atoms with Gasteiger partial charge in [0.1, 0.15) is 5.75 Å². The maximum absolute atomic E-state index is 12.6. The summed E-state index contributed by atoms with van der Waals surface area (Å²) in [5.41, 5.74) is 0.143. The van der Waals surface area contributed by atoms with Crippen LogP contribution in [0.25, 0.3) is 0 Å². The van der Waals surface area contributed by atoms with Gasteiger partial charge in [0, 0.05) is 11.6 Å². The summed E-state index contributed by atoms with van der Waals surface area (Å²) in [7, 11) is 1.40. The van der Waals surface area contributed by atoms with Crippen LogP contribution in [0.3, 0.4) is 0 Å². The molecule has 0 aliphatic carbocycles. The molecule has 1 saturated heterocycles. The summed E-state index contributed by atoms with van der Waals surface area (Å²) in [6, 6.07) is 3.81. The average molecular weight is 259 g/mol. The van der Waals surface area contributed by atoms with E-state index >= 15 is 0 Å². The first-order chi connectivity index (χ1) is 8.52. The Morgan fingerprint density at radius 2 is 2.06 bits per heavy atom. The molecule has 0 radical (unpaired) electrons. The topological polar surface area (TPSA) is 21.3 Å². The predicted molar refractivity (Wildman–Crippen MR) is 62.6 cm³/mol. The van der Waals surface area contributed by atoms with Crippen molar-refractivity contribution in [2.75, 3.05) is 13.7 Å². The van der Waals surface area contributed by atoms with E-state index in [0.29, 0.717) is 5.75 Å². The third-order valence-corrected chi connectivity index (χ3v) is 3.25. The van der Waals surface area contributed by atoms with Crippen LogP contribution in [0, 0.1) is 0 Å². The van der Waals surface area contributed by atoms with Crippen molar-refractivity contribution in [3.8, 4) is 5.75 Å². The zero-order valence-corrected chi connectivity index (χ0v) is 10.2. The van der Waals surface area contributed by atoms with Gasteiger partial charge in [0.25, 0.3) is 0 Å². The van der Waals surface area contributed by atoms with Crippen LogP contribution in [0.1, 0.15) is 36.4 Å². The molecule has 1 fully saturated rings. The zero-order valence-electron chi connectivity index (χ0n) is 10.2. The molecule has 1 unspecified atom stereocenters. The number of piperidine rings is 1. The summed E-state index contributed by atoms with van der Waals surface area (Å²) in [6.07, 6.45) is -1.20. The van der Waals surface area contributed by atoms with Gasteiger partial charge in [0.05, 0.1) is 12.7 Å².